The zero-order valence-corrected chi connectivity index (χ0v) is 31.1. The van der Waals surface area contributed by atoms with Gasteiger partial charge < -0.3 is 24.8 Å². The van der Waals surface area contributed by atoms with Gasteiger partial charge in [0, 0.05) is 0 Å². The van der Waals surface area contributed by atoms with Crippen molar-refractivity contribution < 1.29 is 51.0 Å². The van der Waals surface area contributed by atoms with E-state index in [-0.39, 0.29) is 51.0 Å². The third-order valence-corrected chi connectivity index (χ3v) is 9.30. The van der Waals surface area contributed by atoms with Crippen molar-refractivity contribution in [2.45, 2.75) is 39.5 Å². The smallest absolute Gasteiger partial charge is 1.00 e. The summed E-state index contributed by atoms with van der Waals surface area (Å²) in [5.74, 6) is 0.995. The molecule has 1 aliphatic rings. The van der Waals surface area contributed by atoms with Crippen LogP contribution in [0.2, 0.25) is 0 Å². The van der Waals surface area contributed by atoms with Crippen LogP contribution in [0.15, 0.2) is 140 Å². The normalized spacial score (nSPS) is 11.7. The fourth-order valence-electron chi connectivity index (χ4n) is 7.03. The molecule has 0 aliphatic heterocycles. The van der Waals surface area contributed by atoms with Crippen LogP contribution < -0.4 is 24.8 Å². The van der Waals surface area contributed by atoms with Crippen LogP contribution in [0.1, 0.15) is 47.6 Å². The van der Waals surface area contributed by atoms with Crippen molar-refractivity contribution in [3.63, 3.8) is 0 Å². The molecule has 0 radical (unpaired) electrons. The second kappa shape index (κ2) is 16.2. The molecule has 0 aromatic heterocycles. The third kappa shape index (κ3) is 7.55. The van der Waals surface area contributed by atoms with Crippen LogP contribution >= 0.6 is 0 Å². The van der Waals surface area contributed by atoms with E-state index in [2.05, 4.69) is 136 Å². The summed E-state index contributed by atoms with van der Waals surface area (Å²) in [4.78, 5) is 0. The van der Waals surface area contributed by atoms with Crippen molar-refractivity contribution in [3.8, 4) is 22.3 Å². The topological polar surface area (TPSA) is 0 Å². The molecule has 0 amide bonds. The molecule has 0 spiro atoms. The van der Waals surface area contributed by atoms with Gasteiger partial charge in [-0.2, -0.15) is 42.0 Å². The average molecular weight is 729 g/mol. The van der Waals surface area contributed by atoms with Crippen LogP contribution in [0, 0.1) is 18.9 Å². The Morgan fingerprint density at radius 2 is 1.28 bits per heavy atom. The molecule has 8 rings (SSSR count). The van der Waals surface area contributed by atoms with E-state index in [0.717, 1.165) is 12.8 Å². The van der Waals surface area contributed by atoms with Gasteiger partial charge in [-0.25, -0.2) is 12.1 Å². The van der Waals surface area contributed by atoms with E-state index in [1.54, 1.807) is 0 Å². The van der Waals surface area contributed by atoms with Crippen LogP contribution in [0.3, 0.4) is 0 Å². The Kier molecular flexibility index (Phi) is 12.6. The predicted molar refractivity (Wildman–Crippen MR) is 188 cm³/mol. The summed E-state index contributed by atoms with van der Waals surface area (Å²) in [5.41, 5.74) is 12.3. The van der Waals surface area contributed by atoms with Crippen molar-refractivity contribution in [2.24, 2.45) is 5.92 Å². The number of hydrogen-bond acceptors (Lipinski definition) is 0. The molecule has 47 heavy (non-hydrogen) atoms. The van der Waals surface area contributed by atoms with E-state index in [1.807, 2.05) is 30.3 Å². The summed E-state index contributed by atoms with van der Waals surface area (Å²) in [6.45, 7) is 6.96. The number of rotatable bonds is 5. The van der Waals surface area contributed by atoms with Crippen molar-refractivity contribution >= 4 is 21.5 Å². The standard InChI is InChI=1S/C39H33.C5H5.2ClH.Zr/c1-25(2)37(35-16-8-12-28-10-4-6-14-32(28)35)22-27-18-19-34-30(21-27)23-31-24-38(26(3)20-39(31)34)36-17-9-13-29-11-5-7-15-33(29)36;1-2-4-5-3-1;;;/h4-20,24-25,37H,22-23H2,1-3H3;1-5H;2*1H;/q2*-1;;;+4/p-2. The minimum Gasteiger partial charge on any atom is -1.00 e. The first-order chi connectivity index (χ1) is 21.6. The Morgan fingerprint density at radius 1 is 0.638 bits per heavy atom. The molecule has 0 nitrogen and oxygen atoms in total. The zero-order valence-electron chi connectivity index (χ0n) is 27.1. The van der Waals surface area contributed by atoms with Gasteiger partial charge in [-0.15, -0.1) is 11.1 Å². The van der Waals surface area contributed by atoms with E-state index in [9.17, 15) is 0 Å². The van der Waals surface area contributed by atoms with Crippen molar-refractivity contribution in [1.82, 2.24) is 0 Å². The molecule has 0 fully saturated rings. The molecule has 0 N–H and O–H groups in total. The Morgan fingerprint density at radius 3 is 1.96 bits per heavy atom. The minimum absolute atomic E-state index is 0. The first kappa shape index (κ1) is 36.5. The molecule has 1 aliphatic carbocycles. The van der Waals surface area contributed by atoms with Crippen molar-refractivity contribution in [3.05, 3.63) is 173 Å². The average Bonchev–Trinajstić information content (AvgIpc) is 3.75. The maximum atomic E-state index is 3.88. The fraction of sp³-hybridized carbons (Fsp3) is 0.159. The second-order valence-corrected chi connectivity index (χ2v) is 12.5. The molecule has 0 saturated carbocycles. The Balaban J connectivity index is 0.000000574. The van der Waals surface area contributed by atoms with Gasteiger partial charge >= 0.3 is 26.2 Å². The molecule has 0 heterocycles. The molecule has 232 valence electrons. The van der Waals surface area contributed by atoms with Crippen LogP contribution in [0.5, 0.6) is 0 Å². The minimum atomic E-state index is 0. The van der Waals surface area contributed by atoms with Gasteiger partial charge in [-0.3, -0.25) is 0 Å². The molecule has 1 atom stereocenters. The van der Waals surface area contributed by atoms with Crippen LogP contribution in [-0.2, 0) is 39.0 Å². The molecule has 0 saturated heterocycles. The third-order valence-electron chi connectivity index (χ3n) is 9.30. The molecule has 1 unspecified atom stereocenters. The van der Waals surface area contributed by atoms with Gasteiger partial charge in [-0.1, -0.05) is 116 Å². The van der Waals surface area contributed by atoms with Crippen molar-refractivity contribution in [2.75, 3.05) is 0 Å². The van der Waals surface area contributed by atoms with E-state index in [0.29, 0.717) is 11.8 Å². The van der Waals surface area contributed by atoms with Crippen LogP contribution in [0.4, 0.5) is 0 Å². The molecule has 7 aromatic carbocycles. The fourth-order valence-corrected chi connectivity index (χ4v) is 7.03. The number of hydrogen-bond donors (Lipinski definition) is 0. The van der Waals surface area contributed by atoms with E-state index in [4.69, 9.17) is 0 Å². The zero-order chi connectivity index (χ0) is 30.0. The van der Waals surface area contributed by atoms with Gasteiger partial charge in [0.15, 0.2) is 0 Å². The first-order valence-corrected chi connectivity index (χ1v) is 15.9. The predicted octanol–water partition coefficient (Wildman–Crippen LogP) is 5.73. The number of aryl methyl sites for hydroxylation is 1. The first-order valence-electron chi connectivity index (χ1n) is 15.9. The molecule has 3 heteroatoms. The largest absolute Gasteiger partial charge is 4.00 e. The SMILES string of the molecule is Cc1cc2c(cc1-c1cccc3ccccc13)Cc1[c-]c(CC(c3cccc4ccccc34)C(C)C)ccc1-2.[Cl-].[Cl-].[Zr+4].c1cc[cH-]c1. The summed E-state index contributed by atoms with van der Waals surface area (Å²) >= 11 is 0. The van der Waals surface area contributed by atoms with Gasteiger partial charge in [0.1, 0.15) is 0 Å². The van der Waals surface area contributed by atoms with Crippen LogP contribution in [-0.4, -0.2) is 0 Å². The van der Waals surface area contributed by atoms with Gasteiger partial charge in [-0.05, 0) is 81.0 Å². The molecular weight excluding hydrogens is 691 g/mol. The maximum absolute atomic E-state index is 3.88. The summed E-state index contributed by atoms with van der Waals surface area (Å²) in [7, 11) is 0. The summed E-state index contributed by atoms with van der Waals surface area (Å²) < 4.78 is 0. The molecule has 7 aromatic rings. The number of halogens is 2. The van der Waals surface area contributed by atoms with Crippen molar-refractivity contribution in [1.29, 1.82) is 0 Å². The van der Waals surface area contributed by atoms with Gasteiger partial charge in [0.2, 0.25) is 0 Å². The number of benzene rings is 6. The van der Waals surface area contributed by atoms with E-state index >= 15 is 0 Å². The molecule has 0 bridgehead atoms. The van der Waals surface area contributed by atoms with Gasteiger partial charge in [0.25, 0.3) is 0 Å². The second-order valence-electron chi connectivity index (χ2n) is 12.5. The summed E-state index contributed by atoms with van der Waals surface area (Å²) in [6, 6.07) is 54.3. The van der Waals surface area contributed by atoms with Gasteiger partial charge in [0.05, 0.1) is 0 Å². The van der Waals surface area contributed by atoms with E-state index < -0.39 is 0 Å². The quantitative estimate of drug-likeness (QED) is 0.199. The monoisotopic (exact) mass is 726 g/mol. The Labute approximate surface area is 311 Å². The Hall–Kier alpha value is -3.35. The van der Waals surface area contributed by atoms with Crippen LogP contribution in [0.25, 0.3) is 43.8 Å². The number of fused-ring (bicyclic) bond motifs is 5. The molecular formula is C44H38Cl2Zr. The maximum Gasteiger partial charge on any atom is 4.00 e. The Bertz CT molecular complexity index is 2050. The summed E-state index contributed by atoms with van der Waals surface area (Å²) in [5, 5.41) is 5.32. The summed E-state index contributed by atoms with van der Waals surface area (Å²) in [6.07, 6.45) is 1.97. The van der Waals surface area contributed by atoms with E-state index in [1.165, 1.54) is 71.6 Å².